The van der Waals surface area contributed by atoms with Crippen LogP contribution in [0.5, 0.6) is 0 Å². The van der Waals surface area contributed by atoms with E-state index >= 15 is 0 Å². The summed E-state index contributed by atoms with van der Waals surface area (Å²) in [4.78, 5) is 17.9. The Labute approximate surface area is 139 Å². The van der Waals surface area contributed by atoms with E-state index in [1.54, 1.807) is 25.3 Å². The maximum Gasteiger partial charge on any atom is 0.356 e. The Morgan fingerprint density at radius 2 is 2.21 bits per heavy atom. The summed E-state index contributed by atoms with van der Waals surface area (Å²) in [6, 6.07) is 8.04. The molecule has 24 heavy (non-hydrogen) atoms. The zero-order chi connectivity index (χ0) is 17.1. The Balaban J connectivity index is 1.84. The number of nitriles is 1. The first-order valence-electron chi connectivity index (χ1n) is 7.71. The van der Waals surface area contributed by atoms with Gasteiger partial charge in [-0.05, 0) is 48.7 Å². The molecule has 0 fully saturated rings. The zero-order valence-electron chi connectivity index (χ0n) is 13.3. The van der Waals surface area contributed by atoms with E-state index in [0.29, 0.717) is 43.1 Å². The first kappa shape index (κ1) is 15.9. The molecule has 0 N–H and O–H groups in total. The molecule has 2 heterocycles. The molecule has 0 aliphatic carbocycles. The van der Waals surface area contributed by atoms with E-state index in [1.807, 2.05) is 11.0 Å². The van der Waals surface area contributed by atoms with Crippen molar-refractivity contribution in [1.29, 1.82) is 5.26 Å². The molecule has 0 amide bonds. The molecule has 2 aromatic rings. The molecule has 3 rings (SSSR count). The van der Waals surface area contributed by atoms with Gasteiger partial charge in [-0.2, -0.15) is 5.26 Å². The number of benzene rings is 1. The summed E-state index contributed by atoms with van der Waals surface area (Å²) in [5.74, 6) is -0.850. The van der Waals surface area contributed by atoms with Gasteiger partial charge in [0.1, 0.15) is 11.5 Å². The summed E-state index contributed by atoms with van der Waals surface area (Å²) in [5.41, 5.74) is 3.30. The summed E-state index contributed by atoms with van der Waals surface area (Å²) >= 11 is 0. The summed E-state index contributed by atoms with van der Waals surface area (Å²) in [6.07, 6.45) is 2.38. The predicted octanol–water partition coefficient (Wildman–Crippen LogP) is 2.83. The second kappa shape index (κ2) is 6.67. The molecule has 1 aliphatic heterocycles. The molecule has 1 aromatic heterocycles. The van der Waals surface area contributed by atoms with Gasteiger partial charge in [0.2, 0.25) is 0 Å². The van der Waals surface area contributed by atoms with E-state index < -0.39 is 11.8 Å². The van der Waals surface area contributed by atoms with E-state index in [9.17, 15) is 9.18 Å². The maximum absolute atomic E-state index is 13.6. The lowest BCUT2D eigenvalue weighted by molar-refractivity contribution is 0.0519. The van der Waals surface area contributed by atoms with Crippen LogP contribution in [0.3, 0.4) is 0 Å². The number of hydrogen-bond acceptors (Lipinski definition) is 5. The van der Waals surface area contributed by atoms with Crippen LogP contribution in [0, 0.1) is 17.1 Å². The fraction of sp³-hybridized carbons (Fsp3) is 0.278. The number of halogens is 1. The molecule has 122 valence electrons. The topological polar surface area (TPSA) is 66.2 Å². The van der Waals surface area contributed by atoms with Crippen molar-refractivity contribution in [3.05, 3.63) is 58.7 Å². The fourth-order valence-corrected chi connectivity index (χ4v) is 2.80. The summed E-state index contributed by atoms with van der Waals surface area (Å²) < 4.78 is 18.6. The van der Waals surface area contributed by atoms with Crippen molar-refractivity contribution < 1.29 is 13.9 Å². The molecule has 0 saturated heterocycles. The molecular weight excluding hydrogens is 309 g/mol. The Bertz CT molecular complexity index is 829. The lowest BCUT2D eigenvalue weighted by Gasteiger charge is -2.30. The third kappa shape index (κ3) is 3.20. The van der Waals surface area contributed by atoms with Crippen LogP contribution in [-0.2, 0) is 17.7 Å². The number of anilines is 1. The van der Waals surface area contributed by atoms with Gasteiger partial charge in [-0.1, -0.05) is 0 Å². The van der Waals surface area contributed by atoms with Gasteiger partial charge < -0.3 is 9.64 Å². The largest absolute Gasteiger partial charge is 0.461 e. The molecule has 0 atom stereocenters. The predicted molar refractivity (Wildman–Crippen MR) is 86.1 cm³/mol. The van der Waals surface area contributed by atoms with E-state index in [0.717, 1.165) is 11.1 Å². The van der Waals surface area contributed by atoms with Crippen LogP contribution in [-0.4, -0.2) is 24.1 Å². The van der Waals surface area contributed by atoms with Crippen molar-refractivity contribution >= 4 is 11.7 Å². The minimum atomic E-state index is -0.425. The van der Waals surface area contributed by atoms with Crippen LogP contribution < -0.4 is 4.90 Å². The van der Waals surface area contributed by atoms with Crippen molar-refractivity contribution in [3.63, 3.8) is 0 Å². The lowest BCUT2D eigenvalue weighted by Crippen LogP contribution is -2.31. The Morgan fingerprint density at radius 1 is 1.38 bits per heavy atom. The Hall–Kier alpha value is -2.94. The number of carbonyl (C=O) groups is 1. The Morgan fingerprint density at radius 3 is 2.96 bits per heavy atom. The number of nitrogens with zero attached hydrogens (tertiary/aromatic N) is 3. The van der Waals surface area contributed by atoms with Gasteiger partial charge in [0.25, 0.3) is 0 Å². The van der Waals surface area contributed by atoms with Crippen LogP contribution in [0.4, 0.5) is 10.1 Å². The van der Waals surface area contributed by atoms with Crippen LogP contribution in [0.2, 0.25) is 0 Å². The smallest absolute Gasteiger partial charge is 0.356 e. The maximum atomic E-state index is 13.6. The number of pyridine rings is 1. The van der Waals surface area contributed by atoms with Gasteiger partial charge in [0, 0.05) is 25.0 Å². The number of rotatable bonds is 3. The molecule has 0 radical (unpaired) electrons. The van der Waals surface area contributed by atoms with E-state index in [2.05, 4.69) is 4.98 Å². The first-order valence-corrected chi connectivity index (χ1v) is 7.71. The van der Waals surface area contributed by atoms with E-state index in [4.69, 9.17) is 10.00 Å². The monoisotopic (exact) mass is 325 g/mol. The van der Waals surface area contributed by atoms with Crippen molar-refractivity contribution in [2.24, 2.45) is 0 Å². The van der Waals surface area contributed by atoms with E-state index in [1.165, 1.54) is 12.1 Å². The Kier molecular flexibility index (Phi) is 4.43. The highest BCUT2D eigenvalue weighted by Gasteiger charge is 2.20. The van der Waals surface area contributed by atoms with Crippen LogP contribution in [0.15, 0.2) is 30.5 Å². The van der Waals surface area contributed by atoms with Crippen LogP contribution >= 0.6 is 0 Å². The molecular formula is C18H16FN3O2. The second-order valence-corrected chi connectivity index (χ2v) is 5.54. The summed E-state index contributed by atoms with van der Waals surface area (Å²) in [7, 11) is 0. The second-order valence-electron chi connectivity index (χ2n) is 5.54. The number of hydrogen-bond donors (Lipinski definition) is 0. The summed E-state index contributed by atoms with van der Waals surface area (Å²) in [5, 5.41) is 8.98. The minimum absolute atomic E-state index is 0.298. The van der Waals surface area contributed by atoms with Crippen molar-refractivity contribution in [3.8, 4) is 6.07 Å². The zero-order valence-corrected chi connectivity index (χ0v) is 13.3. The fourth-order valence-electron chi connectivity index (χ4n) is 2.80. The third-order valence-electron chi connectivity index (χ3n) is 3.96. The quantitative estimate of drug-likeness (QED) is 0.812. The molecule has 0 unspecified atom stereocenters. The highest BCUT2D eigenvalue weighted by Crippen LogP contribution is 2.26. The van der Waals surface area contributed by atoms with Gasteiger partial charge in [-0.15, -0.1) is 0 Å². The minimum Gasteiger partial charge on any atom is -0.461 e. The van der Waals surface area contributed by atoms with Gasteiger partial charge in [0.15, 0.2) is 0 Å². The molecule has 1 aliphatic rings. The average Bonchev–Trinajstić information content (AvgIpc) is 2.60. The van der Waals surface area contributed by atoms with E-state index in [-0.39, 0.29) is 0 Å². The van der Waals surface area contributed by atoms with Crippen LogP contribution in [0.1, 0.15) is 34.1 Å². The molecule has 0 saturated carbocycles. The number of esters is 1. The molecule has 0 bridgehead atoms. The van der Waals surface area contributed by atoms with Gasteiger partial charge >= 0.3 is 5.97 Å². The first-order chi connectivity index (χ1) is 11.6. The SMILES string of the molecule is CCOC(=O)c1cc2c(cn1)CN(c1cc(F)cc(C#N)c1)CC2. The van der Waals surface area contributed by atoms with Gasteiger partial charge in [0.05, 0.1) is 18.2 Å². The lowest BCUT2D eigenvalue weighted by atomic mass is 10.00. The standard InChI is InChI=1S/C18H16FN3O2/c1-2-24-18(23)17-7-13-3-4-22(11-14(13)10-21-17)16-6-12(9-20)5-15(19)8-16/h5-8,10H,2-4,11H2,1H3. The molecule has 1 aromatic carbocycles. The highest BCUT2D eigenvalue weighted by atomic mass is 19.1. The molecule has 6 heteroatoms. The number of fused-ring (bicyclic) bond motifs is 1. The normalized spacial score (nSPS) is 13.1. The molecule has 5 nitrogen and oxygen atoms in total. The van der Waals surface area contributed by atoms with Gasteiger partial charge in [-0.25, -0.2) is 14.2 Å². The van der Waals surface area contributed by atoms with Crippen molar-refractivity contribution in [2.45, 2.75) is 19.9 Å². The average molecular weight is 325 g/mol. The third-order valence-corrected chi connectivity index (χ3v) is 3.96. The van der Waals surface area contributed by atoms with Gasteiger partial charge in [-0.3, -0.25) is 0 Å². The summed E-state index contributed by atoms with van der Waals surface area (Å²) in [6.45, 7) is 3.29. The number of aromatic nitrogens is 1. The number of ether oxygens (including phenoxy) is 1. The molecule has 0 spiro atoms. The number of carbonyl (C=O) groups excluding carboxylic acids is 1. The highest BCUT2D eigenvalue weighted by molar-refractivity contribution is 5.87. The van der Waals surface area contributed by atoms with Crippen LogP contribution in [0.25, 0.3) is 0 Å². The van der Waals surface area contributed by atoms with Crippen molar-refractivity contribution in [1.82, 2.24) is 4.98 Å². The van der Waals surface area contributed by atoms with Crippen molar-refractivity contribution in [2.75, 3.05) is 18.1 Å².